The highest BCUT2D eigenvalue weighted by molar-refractivity contribution is 6.30. The molecule has 1 aromatic carbocycles. The van der Waals surface area contributed by atoms with Crippen LogP contribution in [-0.2, 0) is 12.6 Å². The molecular weight excluding hydrogens is 368 g/mol. The number of rotatable bonds is 3. The first-order chi connectivity index (χ1) is 12.7. The van der Waals surface area contributed by atoms with Crippen LogP contribution in [0.2, 0.25) is 5.02 Å². The molecule has 9 heteroatoms. The van der Waals surface area contributed by atoms with Gasteiger partial charge in [-0.1, -0.05) is 11.6 Å². The fourth-order valence-corrected chi connectivity index (χ4v) is 3.15. The average Bonchev–Trinajstić information content (AvgIpc) is 3.14. The van der Waals surface area contributed by atoms with Crippen LogP contribution >= 0.6 is 11.6 Å². The molecule has 0 atom stereocenters. The molecule has 4 aromatic rings. The molecule has 3 aromatic heterocycles. The second-order valence-electron chi connectivity index (χ2n) is 6.87. The van der Waals surface area contributed by atoms with Gasteiger partial charge in [-0.15, -0.1) is 0 Å². The van der Waals surface area contributed by atoms with Crippen molar-refractivity contribution in [3.63, 3.8) is 0 Å². The largest absolute Gasteiger partial charge is 0.386 e. The maximum Gasteiger partial charge on any atom is 0.261 e. The predicted molar refractivity (Wildman–Crippen MR) is 102 cm³/mol. The monoisotopic (exact) mass is 384 g/mol. The van der Waals surface area contributed by atoms with Gasteiger partial charge in [0, 0.05) is 36.1 Å². The van der Waals surface area contributed by atoms with Crippen molar-refractivity contribution in [3.05, 3.63) is 53.1 Å². The minimum Gasteiger partial charge on any atom is -0.386 e. The quantitative estimate of drug-likeness (QED) is 0.566. The molecule has 8 nitrogen and oxygen atoms in total. The lowest BCUT2D eigenvalue weighted by Gasteiger charge is -2.22. The molecule has 27 heavy (non-hydrogen) atoms. The maximum absolute atomic E-state index is 12.9. The number of hydrogen-bond donors (Lipinski definition) is 2. The minimum atomic E-state index is -1.17. The summed E-state index contributed by atoms with van der Waals surface area (Å²) in [6.45, 7) is 3.32. The zero-order valence-electron chi connectivity index (χ0n) is 14.9. The minimum absolute atomic E-state index is 0.305. The van der Waals surface area contributed by atoms with Crippen LogP contribution in [0.5, 0.6) is 0 Å². The van der Waals surface area contributed by atoms with Gasteiger partial charge in [0.15, 0.2) is 5.65 Å². The van der Waals surface area contributed by atoms with E-state index in [0.29, 0.717) is 27.5 Å². The predicted octanol–water partition coefficient (Wildman–Crippen LogP) is 2.75. The number of nitrogens with zero attached hydrogens (tertiary/aromatic N) is 5. The number of benzene rings is 1. The standard InChI is InChI=1S/C18H17ClN6O2/c1-18(2,27)13-5-14-10(8-24(3)23-14)4-15(13)22-17(26)12-7-21-25-9-11(19)6-20-16(12)25/h4-9,27H,1-3H3,(H,22,26). The summed E-state index contributed by atoms with van der Waals surface area (Å²) >= 11 is 5.91. The first-order valence-electron chi connectivity index (χ1n) is 8.23. The second kappa shape index (κ2) is 6.04. The summed E-state index contributed by atoms with van der Waals surface area (Å²) in [5, 5.41) is 23.2. The van der Waals surface area contributed by atoms with E-state index in [1.807, 2.05) is 13.2 Å². The van der Waals surface area contributed by atoms with Gasteiger partial charge in [0.05, 0.1) is 28.5 Å². The van der Waals surface area contributed by atoms with Gasteiger partial charge in [-0.3, -0.25) is 9.48 Å². The van der Waals surface area contributed by atoms with E-state index < -0.39 is 5.60 Å². The molecular formula is C18H17ClN6O2. The number of amides is 1. The molecule has 0 saturated heterocycles. The van der Waals surface area contributed by atoms with Gasteiger partial charge in [-0.25, -0.2) is 9.50 Å². The van der Waals surface area contributed by atoms with Crippen LogP contribution in [-0.4, -0.2) is 35.4 Å². The van der Waals surface area contributed by atoms with Crippen molar-refractivity contribution in [1.82, 2.24) is 24.4 Å². The van der Waals surface area contributed by atoms with E-state index in [9.17, 15) is 9.90 Å². The van der Waals surface area contributed by atoms with E-state index in [-0.39, 0.29) is 5.91 Å². The molecule has 0 fully saturated rings. The Labute approximate surface area is 159 Å². The van der Waals surface area contributed by atoms with Crippen LogP contribution in [0, 0.1) is 0 Å². The van der Waals surface area contributed by atoms with E-state index in [2.05, 4.69) is 20.5 Å². The molecule has 3 heterocycles. The van der Waals surface area contributed by atoms with Crippen LogP contribution in [0.25, 0.3) is 16.6 Å². The van der Waals surface area contributed by atoms with Crippen molar-refractivity contribution in [2.45, 2.75) is 19.4 Å². The first kappa shape index (κ1) is 17.4. The molecule has 0 bridgehead atoms. The summed E-state index contributed by atoms with van der Waals surface area (Å²) in [5.74, 6) is -0.381. The van der Waals surface area contributed by atoms with Gasteiger partial charge in [0.1, 0.15) is 5.56 Å². The lowest BCUT2D eigenvalue weighted by molar-refractivity contribution is 0.0794. The van der Waals surface area contributed by atoms with Gasteiger partial charge < -0.3 is 10.4 Å². The Bertz CT molecular complexity index is 1190. The Balaban J connectivity index is 1.78. The van der Waals surface area contributed by atoms with Gasteiger partial charge >= 0.3 is 0 Å². The SMILES string of the molecule is Cn1cc2cc(NC(=O)c3cnn4cc(Cl)cnc34)c(C(C)(C)O)cc2n1. The van der Waals surface area contributed by atoms with E-state index in [4.69, 9.17) is 11.6 Å². The number of carbonyl (C=O) groups is 1. The smallest absolute Gasteiger partial charge is 0.261 e. The van der Waals surface area contributed by atoms with E-state index >= 15 is 0 Å². The van der Waals surface area contributed by atoms with Crippen LogP contribution in [0.4, 0.5) is 5.69 Å². The fourth-order valence-electron chi connectivity index (χ4n) is 3.01. The molecule has 0 saturated carbocycles. The lowest BCUT2D eigenvalue weighted by Crippen LogP contribution is -2.21. The Hall–Kier alpha value is -2.97. The first-order valence-corrected chi connectivity index (χ1v) is 8.60. The van der Waals surface area contributed by atoms with E-state index in [0.717, 1.165) is 10.9 Å². The third kappa shape index (κ3) is 3.13. The van der Waals surface area contributed by atoms with Gasteiger partial charge in [0.25, 0.3) is 5.91 Å². The zero-order chi connectivity index (χ0) is 19.3. The average molecular weight is 385 g/mol. The highest BCUT2D eigenvalue weighted by Gasteiger charge is 2.24. The number of aromatic nitrogens is 5. The van der Waals surface area contributed by atoms with Crippen molar-refractivity contribution in [2.75, 3.05) is 5.32 Å². The molecule has 0 unspecified atom stereocenters. The Kier molecular flexibility index (Phi) is 3.90. The normalized spacial score (nSPS) is 12.0. The number of nitrogens with one attached hydrogen (secondary N) is 1. The molecule has 0 aliphatic rings. The number of hydrogen-bond acceptors (Lipinski definition) is 5. The number of aliphatic hydroxyl groups is 1. The van der Waals surface area contributed by atoms with Crippen molar-refractivity contribution in [3.8, 4) is 0 Å². The fraction of sp³-hybridized carbons (Fsp3) is 0.222. The molecule has 138 valence electrons. The molecule has 0 aliphatic carbocycles. The third-order valence-electron chi connectivity index (χ3n) is 4.24. The summed E-state index contributed by atoms with van der Waals surface area (Å²) in [4.78, 5) is 17.0. The maximum atomic E-state index is 12.9. The molecule has 0 radical (unpaired) electrons. The second-order valence-corrected chi connectivity index (χ2v) is 7.31. The van der Waals surface area contributed by atoms with Crippen molar-refractivity contribution >= 4 is 39.7 Å². The van der Waals surface area contributed by atoms with Crippen LogP contribution < -0.4 is 5.32 Å². The molecule has 1 amide bonds. The van der Waals surface area contributed by atoms with E-state index in [1.165, 1.54) is 16.9 Å². The third-order valence-corrected chi connectivity index (χ3v) is 4.43. The van der Waals surface area contributed by atoms with Gasteiger partial charge in [-0.2, -0.15) is 10.2 Å². The highest BCUT2D eigenvalue weighted by Crippen LogP contribution is 2.32. The van der Waals surface area contributed by atoms with Crippen molar-refractivity contribution < 1.29 is 9.90 Å². The Morgan fingerprint density at radius 1 is 1.26 bits per heavy atom. The van der Waals surface area contributed by atoms with Crippen LogP contribution in [0.15, 0.2) is 36.9 Å². The summed E-state index contributed by atoms with van der Waals surface area (Å²) in [6, 6.07) is 3.57. The molecule has 0 spiro atoms. The zero-order valence-corrected chi connectivity index (χ0v) is 15.7. The molecule has 4 rings (SSSR count). The topological polar surface area (TPSA) is 97.3 Å². The number of anilines is 1. The van der Waals surface area contributed by atoms with Crippen molar-refractivity contribution in [2.24, 2.45) is 7.05 Å². The summed E-state index contributed by atoms with van der Waals surface area (Å²) in [7, 11) is 1.82. The Morgan fingerprint density at radius 2 is 2.04 bits per heavy atom. The summed E-state index contributed by atoms with van der Waals surface area (Å²) in [5.41, 5.74) is 1.33. The highest BCUT2D eigenvalue weighted by atomic mass is 35.5. The number of fused-ring (bicyclic) bond motifs is 2. The van der Waals surface area contributed by atoms with Crippen molar-refractivity contribution in [1.29, 1.82) is 0 Å². The number of aryl methyl sites for hydroxylation is 1. The van der Waals surface area contributed by atoms with E-state index in [1.54, 1.807) is 36.9 Å². The molecule has 2 N–H and O–H groups in total. The lowest BCUT2D eigenvalue weighted by atomic mass is 9.95. The number of halogens is 1. The van der Waals surface area contributed by atoms with Crippen LogP contribution in [0.3, 0.4) is 0 Å². The number of carbonyl (C=O) groups excluding carboxylic acids is 1. The van der Waals surface area contributed by atoms with Gasteiger partial charge in [0.2, 0.25) is 0 Å². The Morgan fingerprint density at radius 3 is 2.78 bits per heavy atom. The summed E-state index contributed by atoms with van der Waals surface area (Å²) < 4.78 is 3.13. The molecule has 0 aliphatic heterocycles. The van der Waals surface area contributed by atoms with Gasteiger partial charge in [-0.05, 0) is 26.0 Å². The summed E-state index contributed by atoms with van der Waals surface area (Å²) in [6.07, 6.45) is 6.31. The van der Waals surface area contributed by atoms with Crippen LogP contribution in [0.1, 0.15) is 29.8 Å².